The molecule has 3 N–H and O–H groups in total. The molecule has 0 saturated heterocycles. The summed E-state index contributed by atoms with van der Waals surface area (Å²) in [5, 5.41) is 14.6. The number of hydrogen-bond donors (Lipinski definition) is 3. The molecule has 7 heteroatoms. The highest BCUT2D eigenvalue weighted by atomic mass is 16.5. The van der Waals surface area contributed by atoms with E-state index in [4.69, 9.17) is 4.74 Å². The molecule has 0 aromatic heterocycles. The molecule has 7 nitrogen and oxygen atoms in total. The molecule has 0 saturated carbocycles. The minimum Gasteiger partial charge on any atom is -0.479 e. The van der Waals surface area contributed by atoms with Gasteiger partial charge in [-0.05, 0) is 41.7 Å². The summed E-state index contributed by atoms with van der Waals surface area (Å²) in [6.45, 7) is 3.10. The largest absolute Gasteiger partial charge is 0.479 e. The molecule has 34 heavy (non-hydrogen) atoms. The second kappa shape index (κ2) is 9.39. The van der Waals surface area contributed by atoms with E-state index in [1.165, 1.54) is 13.8 Å². The number of alkyl carbamates (subject to hydrolysis) is 1. The number of benzene rings is 3. The van der Waals surface area contributed by atoms with E-state index in [1.54, 1.807) is 30.3 Å². The number of carboxylic acid groups (broad SMARTS) is 1. The topological polar surface area (TPSA) is 105 Å². The third kappa shape index (κ3) is 4.64. The Morgan fingerprint density at radius 1 is 0.882 bits per heavy atom. The number of nitrogens with one attached hydrogen (secondary N) is 2. The van der Waals surface area contributed by atoms with Crippen molar-refractivity contribution in [2.45, 2.75) is 31.3 Å². The SMILES string of the molecule is CC(C)(NC(=O)OCC1c2ccccc2-c2ccccc21)C(=O)N[C@H](C(=O)O)c1ccccc1. The van der Waals surface area contributed by atoms with Gasteiger partial charge in [-0.3, -0.25) is 4.79 Å². The van der Waals surface area contributed by atoms with Gasteiger partial charge < -0.3 is 20.5 Å². The fourth-order valence-corrected chi connectivity index (χ4v) is 4.19. The first kappa shape index (κ1) is 23.0. The van der Waals surface area contributed by atoms with Crippen LogP contribution in [0.25, 0.3) is 11.1 Å². The highest BCUT2D eigenvalue weighted by Gasteiger charge is 2.35. The Kier molecular flexibility index (Phi) is 6.36. The average molecular weight is 459 g/mol. The van der Waals surface area contributed by atoms with Crippen molar-refractivity contribution in [1.82, 2.24) is 10.6 Å². The first-order valence-corrected chi connectivity index (χ1v) is 11.0. The average Bonchev–Trinajstić information content (AvgIpc) is 3.15. The van der Waals surface area contributed by atoms with Gasteiger partial charge in [-0.2, -0.15) is 0 Å². The van der Waals surface area contributed by atoms with Crippen molar-refractivity contribution in [2.75, 3.05) is 6.61 Å². The van der Waals surface area contributed by atoms with Crippen molar-refractivity contribution in [2.24, 2.45) is 0 Å². The lowest BCUT2D eigenvalue weighted by molar-refractivity contribution is -0.142. The van der Waals surface area contributed by atoms with Gasteiger partial charge >= 0.3 is 12.1 Å². The van der Waals surface area contributed by atoms with Crippen molar-refractivity contribution in [3.63, 3.8) is 0 Å². The highest BCUT2D eigenvalue weighted by molar-refractivity contribution is 5.92. The Balaban J connectivity index is 1.41. The van der Waals surface area contributed by atoms with Crippen LogP contribution in [-0.2, 0) is 14.3 Å². The Morgan fingerprint density at radius 3 is 1.97 bits per heavy atom. The van der Waals surface area contributed by atoms with Crippen LogP contribution in [-0.4, -0.2) is 35.2 Å². The zero-order valence-corrected chi connectivity index (χ0v) is 18.9. The first-order valence-electron chi connectivity index (χ1n) is 11.0. The van der Waals surface area contributed by atoms with Gasteiger partial charge in [-0.15, -0.1) is 0 Å². The number of rotatable bonds is 7. The fraction of sp³-hybridized carbons (Fsp3) is 0.222. The van der Waals surface area contributed by atoms with Gasteiger partial charge in [0.25, 0.3) is 0 Å². The minimum absolute atomic E-state index is 0.107. The summed E-state index contributed by atoms with van der Waals surface area (Å²) in [6.07, 6.45) is -0.756. The normalized spacial score (nSPS) is 13.4. The summed E-state index contributed by atoms with van der Waals surface area (Å²) in [4.78, 5) is 37.1. The van der Waals surface area contributed by atoms with E-state index in [9.17, 15) is 19.5 Å². The van der Waals surface area contributed by atoms with Crippen LogP contribution < -0.4 is 10.6 Å². The Labute approximate surface area is 197 Å². The summed E-state index contributed by atoms with van der Waals surface area (Å²) in [5.41, 5.74) is 3.44. The monoisotopic (exact) mass is 458 g/mol. The molecule has 3 aromatic carbocycles. The second-order valence-corrected chi connectivity index (χ2v) is 8.73. The summed E-state index contributed by atoms with van der Waals surface area (Å²) in [6, 6.07) is 23.1. The maximum atomic E-state index is 12.8. The van der Waals surface area contributed by atoms with Crippen LogP contribution in [0.15, 0.2) is 78.9 Å². The lowest BCUT2D eigenvalue weighted by Crippen LogP contribution is -2.56. The molecule has 0 bridgehead atoms. The van der Waals surface area contributed by atoms with E-state index >= 15 is 0 Å². The summed E-state index contributed by atoms with van der Waals surface area (Å²) >= 11 is 0. The molecule has 0 heterocycles. The van der Waals surface area contributed by atoms with Crippen LogP contribution in [0, 0.1) is 0 Å². The van der Waals surface area contributed by atoms with Crippen LogP contribution in [0.2, 0.25) is 0 Å². The van der Waals surface area contributed by atoms with Crippen molar-refractivity contribution in [1.29, 1.82) is 0 Å². The highest BCUT2D eigenvalue weighted by Crippen LogP contribution is 2.44. The molecule has 1 aliphatic rings. The minimum atomic E-state index is -1.40. The Hall–Kier alpha value is -4.13. The molecular formula is C27H26N2O5. The quantitative estimate of drug-likeness (QED) is 0.491. The van der Waals surface area contributed by atoms with Gasteiger partial charge in [0.15, 0.2) is 6.04 Å². The van der Waals surface area contributed by atoms with E-state index in [2.05, 4.69) is 10.6 Å². The second-order valence-electron chi connectivity index (χ2n) is 8.73. The van der Waals surface area contributed by atoms with Gasteiger partial charge in [-0.25, -0.2) is 9.59 Å². The van der Waals surface area contributed by atoms with Crippen LogP contribution >= 0.6 is 0 Å². The molecule has 0 aliphatic heterocycles. The fourth-order valence-electron chi connectivity index (χ4n) is 4.19. The van der Waals surface area contributed by atoms with Crippen molar-refractivity contribution in [3.8, 4) is 11.1 Å². The van der Waals surface area contributed by atoms with Gasteiger partial charge in [0.05, 0.1) is 0 Å². The molecule has 2 amide bonds. The molecular weight excluding hydrogens is 432 g/mol. The number of fused-ring (bicyclic) bond motifs is 3. The molecule has 0 spiro atoms. The Morgan fingerprint density at radius 2 is 1.41 bits per heavy atom. The molecule has 0 fully saturated rings. The molecule has 0 radical (unpaired) electrons. The Bertz CT molecular complexity index is 1180. The summed E-state index contributed by atoms with van der Waals surface area (Å²) in [5.74, 6) is -1.95. The number of amides is 2. The number of carboxylic acids is 1. The van der Waals surface area contributed by atoms with E-state index in [0.29, 0.717) is 5.56 Å². The molecule has 1 atom stereocenters. The smallest absolute Gasteiger partial charge is 0.408 e. The standard InChI is InChI=1S/C27H26N2O5/c1-27(2,25(32)28-23(24(30)31)17-10-4-3-5-11-17)29-26(33)34-16-22-20-14-8-6-12-18(20)19-13-7-9-15-21(19)22/h3-15,22-23H,16H2,1-2H3,(H,28,32)(H,29,33)(H,30,31)/t23-/m0/s1. The molecule has 1 aliphatic carbocycles. The van der Waals surface area contributed by atoms with Crippen molar-refractivity contribution in [3.05, 3.63) is 95.6 Å². The van der Waals surface area contributed by atoms with Gasteiger partial charge in [-0.1, -0.05) is 78.9 Å². The van der Waals surface area contributed by atoms with Crippen LogP contribution in [0.3, 0.4) is 0 Å². The number of ether oxygens (including phenoxy) is 1. The molecule has 4 rings (SSSR count). The zero-order valence-electron chi connectivity index (χ0n) is 18.9. The van der Waals surface area contributed by atoms with Gasteiger partial charge in [0, 0.05) is 5.92 Å². The number of carbonyl (C=O) groups is 3. The molecule has 174 valence electrons. The third-order valence-corrected chi connectivity index (χ3v) is 5.98. The molecule has 0 unspecified atom stereocenters. The zero-order chi connectivity index (χ0) is 24.3. The summed E-state index contributed by atoms with van der Waals surface area (Å²) < 4.78 is 5.52. The van der Waals surface area contributed by atoms with Crippen LogP contribution in [0.5, 0.6) is 0 Å². The van der Waals surface area contributed by atoms with Crippen LogP contribution in [0.1, 0.15) is 42.5 Å². The lowest BCUT2D eigenvalue weighted by Gasteiger charge is -2.27. The van der Waals surface area contributed by atoms with E-state index in [1.807, 2.05) is 48.5 Å². The van der Waals surface area contributed by atoms with Crippen molar-refractivity contribution < 1.29 is 24.2 Å². The van der Waals surface area contributed by atoms with Gasteiger partial charge in [0.2, 0.25) is 5.91 Å². The number of hydrogen-bond acceptors (Lipinski definition) is 4. The first-order chi connectivity index (χ1) is 16.3. The predicted molar refractivity (Wildman–Crippen MR) is 127 cm³/mol. The third-order valence-electron chi connectivity index (χ3n) is 5.98. The maximum Gasteiger partial charge on any atom is 0.408 e. The maximum absolute atomic E-state index is 12.8. The number of carbonyl (C=O) groups excluding carboxylic acids is 2. The van der Waals surface area contributed by atoms with E-state index in [0.717, 1.165) is 22.3 Å². The number of aliphatic carboxylic acids is 1. The van der Waals surface area contributed by atoms with Gasteiger partial charge in [0.1, 0.15) is 12.1 Å². The summed E-state index contributed by atoms with van der Waals surface area (Å²) in [7, 11) is 0. The lowest BCUT2D eigenvalue weighted by atomic mass is 9.98. The van der Waals surface area contributed by atoms with Crippen molar-refractivity contribution >= 4 is 18.0 Å². The molecule has 3 aromatic rings. The predicted octanol–water partition coefficient (Wildman–Crippen LogP) is 4.25. The van der Waals surface area contributed by atoms with E-state index in [-0.39, 0.29) is 12.5 Å². The van der Waals surface area contributed by atoms with E-state index < -0.39 is 29.6 Å². The van der Waals surface area contributed by atoms with Crippen LogP contribution in [0.4, 0.5) is 4.79 Å².